The van der Waals surface area contributed by atoms with E-state index >= 15 is 0 Å². The highest BCUT2D eigenvalue weighted by molar-refractivity contribution is 6.36. The van der Waals surface area contributed by atoms with Crippen LogP contribution in [0, 0.1) is 0 Å². The van der Waals surface area contributed by atoms with Crippen molar-refractivity contribution in [2.75, 3.05) is 80.0 Å². The van der Waals surface area contributed by atoms with Crippen molar-refractivity contribution >= 4 is 7.32 Å². The Hall–Kier alpha value is -0.925. The molecule has 37 heavy (non-hydrogen) atoms. The van der Waals surface area contributed by atoms with Gasteiger partial charge in [-0.3, -0.25) is 0 Å². The molecule has 0 aromatic heterocycles. The van der Waals surface area contributed by atoms with Gasteiger partial charge in [0.15, 0.2) is 18.9 Å². The van der Waals surface area contributed by atoms with Gasteiger partial charge in [-0.25, -0.2) is 13.2 Å². The van der Waals surface area contributed by atoms with Crippen molar-refractivity contribution < 1.29 is 53.5 Å². The minimum Gasteiger partial charge on any atom is -0.312 e. The van der Waals surface area contributed by atoms with E-state index in [1.165, 1.54) is 35.8 Å². The first-order valence-electron chi connectivity index (χ1n) is 11.5. The normalized spacial score (nSPS) is 29.7. The Kier molecular flexibility index (Phi) is 9.66. The Morgan fingerprint density at radius 1 is 0.514 bits per heavy atom. The van der Waals surface area contributed by atoms with Crippen LogP contribution < -0.4 is 0 Å². The van der Waals surface area contributed by atoms with Crippen LogP contribution in [0.3, 0.4) is 0 Å². The first kappa shape index (κ1) is 30.6. The first-order chi connectivity index (χ1) is 17.0. The fraction of sp³-hybridized carbons (Fsp3) is 1.00. The molecule has 0 saturated carbocycles. The Balaban J connectivity index is 1.82. The highest BCUT2D eigenvalue weighted by Gasteiger charge is 2.58. The minimum atomic E-state index is -4.77. The van der Waals surface area contributed by atoms with Crippen molar-refractivity contribution in [1.29, 1.82) is 0 Å². The lowest BCUT2D eigenvalue weighted by molar-refractivity contribution is -0.379. The largest absolute Gasteiger partial charge is 0.655 e. The molecule has 3 aliphatic heterocycles. The molecule has 3 unspecified atom stereocenters. The van der Waals surface area contributed by atoms with Gasteiger partial charge in [-0.05, 0) is 21.1 Å². The van der Waals surface area contributed by atoms with Gasteiger partial charge >= 0.3 is 26.0 Å². The number of rotatable bonds is 9. The number of hydrogen-bond donors (Lipinski definition) is 0. The van der Waals surface area contributed by atoms with Gasteiger partial charge in [-0.2, -0.15) is 41.0 Å². The molecule has 9 nitrogen and oxygen atoms in total. The van der Waals surface area contributed by atoms with Crippen molar-refractivity contribution in [3.05, 3.63) is 0 Å². The zero-order valence-electron chi connectivity index (χ0n) is 20.5. The Morgan fingerprint density at radius 2 is 0.757 bits per heavy atom. The number of likely N-dealkylation sites (N-methyl/N-ethyl adjacent to an activating group) is 3. The summed E-state index contributed by atoms with van der Waals surface area (Å²) >= 11 is 0. The molecular formula is C18H30BF9N6O3. The molecule has 3 heterocycles. The summed E-state index contributed by atoms with van der Waals surface area (Å²) in [6, 6.07) is 0. The van der Waals surface area contributed by atoms with Crippen LogP contribution in [-0.4, -0.2) is 154 Å². The molecule has 216 valence electrons. The third kappa shape index (κ3) is 7.60. The van der Waals surface area contributed by atoms with E-state index in [0.29, 0.717) is 0 Å². The average molecular weight is 560 g/mol. The molecule has 0 aliphatic carbocycles. The van der Waals surface area contributed by atoms with Crippen LogP contribution in [-0.2, 0) is 14.0 Å². The van der Waals surface area contributed by atoms with E-state index in [2.05, 4.69) is 14.0 Å². The van der Waals surface area contributed by atoms with E-state index in [1.54, 1.807) is 0 Å². The van der Waals surface area contributed by atoms with Gasteiger partial charge in [0.1, 0.15) is 0 Å². The molecule has 0 aromatic carbocycles. The van der Waals surface area contributed by atoms with Gasteiger partial charge < -0.3 is 28.7 Å². The topological polar surface area (TPSA) is 47.1 Å². The molecule has 0 bridgehead atoms. The summed E-state index contributed by atoms with van der Waals surface area (Å²) in [6.45, 7) is -3.83. The molecule has 0 amide bonds. The number of nitrogens with zero attached hydrogens (tertiary/aromatic N) is 6. The summed E-state index contributed by atoms with van der Waals surface area (Å²) in [7, 11) is 0.745. The lowest BCUT2D eigenvalue weighted by atomic mass is 10.2. The highest BCUT2D eigenvalue weighted by atomic mass is 19.3. The SMILES string of the molecule is CN1CCN(C(F)(F)OB(OC(F)(F)N2CCN(C)CC2F)OC(F)(F)N2CCN(C)CC2F)C(F)C1. The van der Waals surface area contributed by atoms with Crippen molar-refractivity contribution in [1.82, 2.24) is 29.4 Å². The first-order valence-corrected chi connectivity index (χ1v) is 11.5. The predicted molar refractivity (Wildman–Crippen MR) is 111 cm³/mol. The third-order valence-corrected chi connectivity index (χ3v) is 6.29. The van der Waals surface area contributed by atoms with E-state index in [-0.39, 0.29) is 34.3 Å². The van der Waals surface area contributed by atoms with Crippen LogP contribution in [0.2, 0.25) is 0 Å². The molecule has 3 aliphatic rings. The molecule has 3 fully saturated rings. The van der Waals surface area contributed by atoms with Crippen LogP contribution >= 0.6 is 0 Å². The van der Waals surface area contributed by atoms with E-state index in [9.17, 15) is 39.5 Å². The summed E-state index contributed by atoms with van der Waals surface area (Å²) in [6.07, 6.45) is -21.4. The van der Waals surface area contributed by atoms with Crippen molar-refractivity contribution in [3.8, 4) is 0 Å². The van der Waals surface area contributed by atoms with E-state index < -0.39 is 84.2 Å². The fourth-order valence-electron chi connectivity index (χ4n) is 4.10. The van der Waals surface area contributed by atoms with Crippen molar-refractivity contribution in [2.45, 2.75) is 37.6 Å². The van der Waals surface area contributed by atoms with E-state index in [4.69, 9.17) is 0 Å². The summed E-state index contributed by atoms with van der Waals surface area (Å²) in [5.41, 5.74) is 0. The van der Waals surface area contributed by atoms with Crippen LogP contribution in [0.5, 0.6) is 0 Å². The molecule has 0 aromatic rings. The highest BCUT2D eigenvalue weighted by Crippen LogP contribution is 2.35. The quantitative estimate of drug-likeness (QED) is 0.236. The van der Waals surface area contributed by atoms with E-state index in [1.807, 2.05) is 0 Å². The van der Waals surface area contributed by atoms with Crippen molar-refractivity contribution in [2.24, 2.45) is 0 Å². The molecule has 0 radical (unpaired) electrons. The monoisotopic (exact) mass is 560 g/mol. The second kappa shape index (κ2) is 11.7. The standard InChI is InChI=1S/C18H30BF9N6O3/c1-29-4-7-32(13(20)10-29)16(23,24)35-19(36-17(25,26)33-8-5-30(2)11-14(33)21)37-18(27,28)34-9-6-31(3)12-15(34)22/h13-15H,4-12H2,1-3H3. The zero-order chi connectivity index (χ0) is 27.8. The summed E-state index contributed by atoms with van der Waals surface area (Å²) in [4.78, 5) is 3.49. The Bertz CT molecular complexity index is 671. The molecule has 0 N–H and O–H groups in total. The van der Waals surface area contributed by atoms with Gasteiger partial charge in [-0.15, -0.1) is 0 Å². The van der Waals surface area contributed by atoms with Gasteiger partial charge in [-0.1, -0.05) is 0 Å². The summed E-state index contributed by atoms with van der Waals surface area (Å²) in [5.74, 6) is 0. The van der Waals surface area contributed by atoms with Crippen LogP contribution in [0.15, 0.2) is 0 Å². The number of alkyl halides is 9. The maximum atomic E-state index is 14.8. The molecule has 19 heteroatoms. The second-order valence-electron chi connectivity index (χ2n) is 9.27. The second-order valence-corrected chi connectivity index (χ2v) is 9.27. The smallest absolute Gasteiger partial charge is 0.312 e. The number of piperazine rings is 3. The average Bonchev–Trinajstić information content (AvgIpc) is 2.71. The fourth-order valence-corrected chi connectivity index (χ4v) is 4.10. The van der Waals surface area contributed by atoms with Crippen LogP contribution in [0.1, 0.15) is 0 Å². The van der Waals surface area contributed by atoms with Gasteiger partial charge in [0.2, 0.25) is 0 Å². The summed E-state index contributed by atoms with van der Waals surface area (Å²) < 4.78 is 144. The minimum absolute atomic E-state index is 0.0896. The lowest BCUT2D eigenvalue weighted by Gasteiger charge is -2.43. The number of hydrogen-bond acceptors (Lipinski definition) is 9. The van der Waals surface area contributed by atoms with Crippen molar-refractivity contribution in [3.63, 3.8) is 0 Å². The van der Waals surface area contributed by atoms with Crippen LogP contribution in [0.4, 0.5) is 39.5 Å². The number of halogens is 9. The Morgan fingerprint density at radius 3 is 0.973 bits per heavy atom. The lowest BCUT2D eigenvalue weighted by Crippen LogP contribution is -2.64. The molecule has 3 atom stereocenters. The molecule has 3 rings (SSSR count). The van der Waals surface area contributed by atoms with E-state index in [0.717, 1.165) is 0 Å². The molecule has 3 saturated heterocycles. The maximum Gasteiger partial charge on any atom is 0.655 e. The maximum absolute atomic E-state index is 14.8. The molecule has 0 spiro atoms. The zero-order valence-corrected chi connectivity index (χ0v) is 20.5. The van der Waals surface area contributed by atoms with Gasteiger partial charge in [0.25, 0.3) is 0 Å². The predicted octanol–water partition coefficient (Wildman–Crippen LogP) is 1.30. The third-order valence-electron chi connectivity index (χ3n) is 6.29. The van der Waals surface area contributed by atoms with Gasteiger partial charge in [0, 0.05) is 58.9 Å². The Labute approximate surface area is 208 Å². The summed E-state index contributed by atoms with van der Waals surface area (Å²) in [5, 5.41) is 0. The van der Waals surface area contributed by atoms with Gasteiger partial charge in [0.05, 0.1) is 0 Å². The van der Waals surface area contributed by atoms with Crippen LogP contribution in [0.25, 0.3) is 0 Å². The molecular weight excluding hydrogens is 530 g/mol.